The van der Waals surface area contributed by atoms with Gasteiger partial charge in [-0.15, -0.1) is 0 Å². The van der Waals surface area contributed by atoms with Crippen LogP contribution in [0.3, 0.4) is 0 Å². The first-order valence-corrected chi connectivity index (χ1v) is 10.2. The standard InChI is InChI=1S/C21H18ClN2O3S/c22-19-13-23-21(28-19)24-20(25)14-10-17(26-15-6-2-1-3-7-15)12-18(11-14)27-16-8-4-5-9-16/h2-3,6-7,10-13,16H,4-5,8-9H2,(H,23,24,25). The van der Waals surface area contributed by atoms with Gasteiger partial charge >= 0.3 is 0 Å². The van der Waals surface area contributed by atoms with Gasteiger partial charge in [0.1, 0.15) is 21.6 Å². The fraction of sp³-hybridized carbons (Fsp3) is 0.238. The van der Waals surface area contributed by atoms with Crippen LogP contribution in [0.15, 0.2) is 48.7 Å². The van der Waals surface area contributed by atoms with E-state index in [1.54, 1.807) is 24.3 Å². The van der Waals surface area contributed by atoms with Gasteiger partial charge in [0, 0.05) is 11.6 Å². The van der Waals surface area contributed by atoms with Crippen LogP contribution in [0, 0.1) is 6.07 Å². The van der Waals surface area contributed by atoms with Gasteiger partial charge in [-0.05, 0) is 56.0 Å². The molecule has 2 aromatic carbocycles. The molecule has 1 saturated carbocycles. The topological polar surface area (TPSA) is 60.5 Å². The van der Waals surface area contributed by atoms with Crippen LogP contribution >= 0.6 is 22.9 Å². The van der Waals surface area contributed by atoms with Gasteiger partial charge in [-0.1, -0.05) is 35.1 Å². The Hall–Kier alpha value is -2.57. The number of thiazole rings is 1. The Bertz CT molecular complexity index is 955. The molecule has 0 unspecified atom stereocenters. The molecule has 4 rings (SSSR count). The van der Waals surface area contributed by atoms with Crippen LogP contribution in [0.2, 0.25) is 4.34 Å². The molecule has 1 fully saturated rings. The van der Waals surface area contributed by atoms with Crippen molar-refractivity contribution in [3.05, 3.63) is 64.6 Å². The summed E-state index contributed by atoms with van der Waals surface area (Å²) in [5, 5.41) is 3.20. The highest BCUT2D eigenvalue weighted by Crippen LogP contribution is 2.31. The van der Waals surface area contributed by atoms with Crippen molar-refractivity contribution in [1.82, 2.24) is 4.98 Å². The number of carbonyl (C=O) groups is 1. The van der Waals surface area contributed by atoms with Crippen molar-refractivity contribution >= 4 is 34.0 Å². The van der Waals surface area contributed by atoms with Gasteiger partial charge in [-0.2, -0.15) is 0 Å². The van der Waals surface area contributed by atoms with Crippen molar-refractivity contribution in [1.29, 1.82) is 0 Å². The van der Waals surface area contributed by atoms with Gasteiger partial charge in [-0.3, -0.25) is 10.1 Å². The molecule has 7 heteroatoms. The molecule has 1 aliphatic rings. The third kappa shape index (κ3) is 4.82. The third-order valence-electron chi connectivity index (χ3n) is 4.37. The summed E-state index contributed by atoms with van der Waals surface area (Å²) in [6.45, 7) is 0. The predicted octanol–water partition coefficient (Wildman–Crippen LogP) is 5.96. The summed E-state index contributed by atoms with van der Waals surface area (Å²) in [4.78, 5) is 16.8. The first kappa shape index (κ1) is 18.8. The quantitative estimate of drug-likeness (QED) is 0.541. The second-order valence-electron chi connectivity index (χ2n) is 6.48. The Morgan fingerprint density at radius 2 is 1.89 bits per heavy atom. The van der Waals surface area contributed by atoms with E-state index in [9.17, 15) is 4.79 Å². The molecule has 5 nitrogen and oxygen atoms in total. The van der Waals surface area contributed by atoms with E-state index in [4.69, 9.17) is 21.1 Å². The Morgan fingerprint density at radius 3 is 2.61 bits per heavy atom. The fourth-order valence-electron chi connectivity index (χ4n) is 3.09. The molecule has 3 aromatic rings. The number of nitrogens with zero attached hydrogens (tertiary/aromatic N) is 1. The third-order valence-corrected chi connectivity index (χ3v) is 5.40. The molecule has 0 saturated heterocycles. The van der Waals surface area contributed by atoms with E-state index in [1.165, 1.54) is 30.4 Å². The van der Waals surface area contributed by atoms with Crippen molar-refractivity contribution in [2.75, 3.05) is 5.32 Å². The van der Waals surface area contributed by atoms with E-state index in [1.807, 2.05) is 18.2 Å². The van der Waals surface area contributed by atoms with Crippen LogP contribution in [-0.2, 0) is 0 Å². The minimum Gasteiger partial charge on any atom is -0.490 e. The number of benzene rings is 2. The maximum atomic E-state index is 12.7. The summed E-state index contributed by atoms with van der Waals surface area (Å²) in [5.74, 6) is 1.52. The van der Waals surface area contributed by atoms with Gasteiger partial charge in [-0.25, -0.2) is 4.98 Å². The summed E-state index contributed by atoms with van der Waals surface area (Å²) in [5.41, 5.74) is 0.430. The van der Waals surface area contributed by atoms with E-state index < -0.39 is 0 Å². The first-order chi connectivity index (χ1) is 13.7. The molecule has 1 N–H and O–H groups in total. The van der Waals surface area contributed by atoms with E-state index in [2.05, 4.69) is 16.4 Å². The maximum Gasteiger partial charge on any atom is 0.257 e. The van der Waals surface area contributed by atoms with E-state index >= 15 is 0 Å². The molecular weight excluding hydrogens is 396 g/mol. The van der Waals surface area contributed by atoms with Crippen molar-refractivity contribution in [2.24, 2.45) is 0 Å². The second kappa shape index (κ2) is 8.63. The summed E-state index contributed by atoms with van der Waals surface area (Å²) in [6, 6.07) is 15.3. The molecule has 143 valence electrons. The predicted molar refractivity (Wildman–Crippen MR) is 110 cm³/mol. The van der Waals surface area contributed by atoms with Crippen LogP contribution in [0.5, 0.6) is 17.2 Å². The van der Waals surface area contributed by atoms with Crippen molar-refractivity contribution in [2.45, 2.75) is 31.8 Å². The lowest BCUT2D eigenvalue weighted by atomic mass is 10.2. The second-order valence-corrected chi connectivity index (χ2v) is 8.14. The van der Waals surface area contributed by atoms with Crippen LogP contribution < -0.4 is 14.8 Å². The molecule has 1 radical (unpaired) electrons. The Morgan fingerprint density at radius 1 is 1.14 bits per heavy atom. The number of ether oxygens (including phenoxy) is 2. The molecule has 1 aliphatic carbocycles. The normalized spacial score (nSPS) is 14.0. The molecule has 1 heterocycles. The molecule has 0 spiro atoms. The number of rotatable bonds is 6. The number of nitrogens with one attached hydrogen (secondary N) is 1. The number of halogens is 1. The Labute approximate surface area is 172 Å². The average Bonchev–Trinajstić information content (AvgIpc) is 3.34. The molecule has 1 aromatic heterocycles. The SMILES string of the molecule is O=C(Nc1ncc(Cl)s1)c1cc(Oc2cc[c]cc2)cc(OC2CCCC2)c1. The fourth-order valence-corrected chi connectivity index (χ4v) is 3.89. The number of anilines is 1. The van der Waals surface area contributed by atoms with Crippen LogP contribution in [0.1, 0.15) is 36.0 Å². The Kier molecular flexibility index (Phi) is 5.78. The van der Waals surface area contributed by atoms with E-state index in [0.717, 1.165) is 12.8 Å². The average molecular weight is 414 g/mol. The number of carbonyl (C=O) groups excluding carboxylic acids is 1. The zero-order valence-electron chi connectivity index (χ0n) is 15.0. The van der Waals surface area contributed by atoms with E-state index in [0.29, 0.717) is 32.3 Å². The highest BCUT2D eigenvalue weighted by Gasteiger charge is 2.19. The van der Waals surface area contributed by atoms with Crippen LogP contribution in [0.25, 0.3) is 0 Å². The zero-order chi connectivity index (χ0) is 19.3. The lowest BCUT2D eigenvalue weighted by Crippen LogP contribution is -2.14. The van der Waals surface area contributed by atoms with Gasteiger partial charge in [0.25, 0.3) is 5.91 Å². The molecule has 0 aliphatic heterocycles. The summed E-state index contributed by atoms with van der Waals surface area (Å²) >= 11 is 7.09. The van der Waals surface area contributed by atoms with Gasteiger partial charge in [0.15, 0.2) is 5.13 Å². The number of amides is 1. The zero-order valence-corrected chi connectivity index (χ0v) is 16.6. The number of hydrogen-bond acceptors (Lipinski definition) is 5. The molecular formula is C21H18ClN2O3S. The van der Waals surface area contributed by atoms with Gasteiger partial charge in [0.2, 0.25) is 0 Å². The number of aromatic nitrogens is 1. The monoisotopic (exact) mass is 413 g/mol. The molecule has 28 heavy (non-hydrogen) atoms. The van der Waals surface area contributed by atoms with Crippen LogP contribution in [0.4, 0.5) is 5.13 Å². The molecule has 0 atom stereocenters. The van der Waals surface area contributed by atoms with Crippen molar-refractivity contribution in [3.8, 4) is 17.2 Å². The number of hydrogen-bond donors (Lipinski definition) is 1. The summed E-state index contributed by atoms with van der Waals surface area (Å²) < 4.78 is 12.5. The minimum absolute atomic E-state index is 0.176. The van der Waals surface area contributed by atoms with Crippen molar-refractivity contribution < 1.29 is 14.3 Å². The lowest BCUT2D eigenvalue weighted by molar-refractivity contribution is 0.102. The molecule has 1 amide bonds. The van der Waals surface area contributed by atoms with Crippen LogP contribution in [-0.4, -0.2) is 17.0 Å². The lowest BCUT2D eigenvalue weighted by Gasteiger charge is -2.16. The largest absolute Gasteiger partial charge is 0.490 e. The maximum absolute atomic E-state index is 12.7. The van der Waals surface area contributed by atoms with Gasteiger partial charge in [0.05, 0.1) is 12.3 Å². The van der Waals surface area contributed by atoms with E-state index in [-0.39, 0.29) is 12.0 Å². The Balaban J connectivity index is 1.59. The molecule has 0 bridgehead atoms. The minimum atomic E-state index is -0.297. The first-order valence-electron chi connectivity index (χ1n) is 9.04. The van der Waals surface area contributed by atoms with Crippen molar-refractivity contribution in [3.63, 3.8) is 0 Å². The van der Waals surface area contributed by atoms with Gasteiger partial charge < -0.3 is 9.47 Å². The summed E-state index contributed by atoms with van der Waals surface area (Å²) in [6.07, 6.45) is 6.06. The highest BCUT2D eigenvalue weighted by molar-refractivity contribution is 7.19. The highest BCUT2D eigenvalue weighted by atomic mass is 35.5. The summed E-state index contributed by atoms with van der Waals surface area (Å²) in [7, 11) is 0. The smallest absolute Gasteiger partial charge is 0.257 e.